The largest absolute Gasteiger partial charge is 1.00 e. The van der Waals surface area contributed by atoms with E-state index in [0.29, 0.717) is 5.39 Å². The van der Waals surface area contributed by atoms with Crippen molar-refractivity contribution in [3.05, 3.63) is 42.5 Å². The predicted octanol–water partition coefficient (Wildman–Crippen LogP) is -0.797. The number of hydrogen-bond acceptors (Lipinski definition) is 2. The van der Waals surface area contributed by atoms with Crippen LogP contribution in [0, 0.1) is 0 Å². The van der Waals surface area contributed by atoms with Crippen molar-refractivity contribution in [2.24, 2.45) is 0 Å². The van der Waals surface area contributed by atoms with Gasteiger partial charge in [-0.3, -0.25) is 4.55 Å². The summed E-state index contributed by atoms with van der Waals surface area (Å²) in [5.74, 6) is 0. The maximum atomic E-state index is 11.0. The maximum absolute atomic E-state index is 11.0. The zero-order valence-electron chi connectivity index (χ0n) is 9.21. The van der Waals surface area contributed by atoms with Crippen LogP contribution in [0.4, 0.5) is 0 Å². The SMILES string of the molecule is O=S(=O)(O)c1cccc2ccccc12.[H-].[K+]. The third-order valence-corrected chi connectivity index (χ3v) is 2.94. The first-order chi connectivity index (χ1) is 6.59. The summed E-state index contributed by atoms with van der Waals surface area (Å²) in [5.41, 5.74) is 0. The van der Waals surface area contributed by atoms with Gasteiger partial charge in [-0.15, -0.1) is 0 Å². The molecule has 0 aliphatic heterocycles. The molecule has 0 amide bonds. The van der Waals surface area contributed by atoms with Crippen molar-refractivity contribution in [3.63, 3.8) is 0 Å². The van der Waals surface area contributed by atoms with Gasteiger partial charge in [0.1, 0.15) is 4.90 Å². The summed E-state index contributed by atoms with van der Waals surface area (Å²) in [4.78, 5) is -0.0457. The smallest absolute Gasteiger partial charge is 1.00 e. The molecule has 2 aromatic rings. The molecule has 2 aromatic carbocycles. The van der Waals surface area contributed by atoms with Crippen LogP contribution in [0.2, 0.25) is 0 Å². The minimum atomic E-state index is -4.13. The maximum Gasteiger partial charge on any atom is 1.00 e. The van der Waals surface area contributed by atoms with E-state index in [2.05, 4.69) is 0 Å². The topological polar surface area (TPSA) is 54.4 Å². The molecule has 15 heavy (non-hydrogen) atoms. The molecule has 74 valence electrons. The van der Waals surface area contributed by atoms with Gasteiger partial charge in [0.25, 0.3) is 10.1 Å². The van der Waals surface area contributed by atoms with E-state index in [1.165, 1.54) is 6.07 Å². The van der Waals surface area contributed by atoms with Crippen LogP contribution < -0.4 is 51.4 Å². The molecule has 3 nitrogen and oxygen atoms in total. The van der Waals surface area contributed by atoms with Crippen molar-refractivity contribution in [1.29, 1.82) is 0 Å². The monoisotopic (exact) mass is 248 g/mol. The molecule has 0 aliphatic rings. The molecular weight excluding hydrogens is 239 g/mol. The van der Waals surface area contributed by atoms with E-state index < -0.39 is 10.1 Å². The van der Waals surface area contributed by atoms with Gasteiger partial charge < -0.3 is 1.43 Å². The second kappa shape index (κ2) is 5.05. The first kappa shape index (κ1) is 13.3. The molecule has 0 radical (unpaired) electrons. The van der Waals surface area contributed by atoms with E-state index in [0.717, 1.165) is 5.39 Å². The Morgan fingerprint density at radius 3 is 2.27 bits per heavy atom. The molecular formula is C10H9KO3S. The Bertz CT molecular complexity index is 578. The minimum absolute atomic E-state index is 0. The van der Waals surface area contributed by atoms with Gasteiger partial charge in [0.15, 0.2) is 0 Å². The fraction of sp³-hybridized carbons (Fsp3) is 0. The van der Waals surface area contributed by atoms with Crippen LogP contribution in [-0.2, 0) is 10.1 Å². The number of benzene rings is 2. The van der Waals surface area contributed by atoms with Gasteiger partial charge in [-0.05, 0) is 11.5 Å². The summed E-state index contributed by atoms with van der Waals surface area (Å²) in [6, 6.07) is 11.8. The second-order valence-corrected chi connectivity index (χ2v) is 4.34. The van der Waals surface area contributed by atoms with Crippen LogP contribution in [-0.4, -0.2) is 13.0 Å². The zero-order valence-corrected chi connectivity index (χ0v) is 12.2. The van der Waals surface area contributed by atoms with Gasteiger partial charge in [-0.25, -0.2) is 0 Å². The van der Waals surface area contributed by atoms with Gasteiger partial charge in [0.2, 0.25) is 0 Å². The molecule has 0 heterocycles. The molecule has 0 saturated carbocycles. The Morgan fingerprint density at radius 1 is 1.00 bits per heavy atom. The first-order valence-corrected chi connectivity index (χ1v) is 5.48. The van der Waals surface area contributed by atoms with E-state index >= 15 is 0 Å². The molecule has 0 bridgehead atoms. The van der Waals surface area contributed by atoms with E-state index in [9.17, 15) is 8.42 Å². The van der Waals surface area contributed by atoms with Crippen LogP contribution in [0.5, 0.6) is 0 Å². The zero-order chi connectivity index (χ0) is 10.2. The summed E-state index contributed by atoms with van der Waals surface area (Å²) in [6.07, 6.45) is 0. The summed E-state index contributed by atoms with van der Waals surface area (Å²) in [5, 5.41) is 1.33. The summed E-state index contributed by atoms with van der Waals surface area (Å²) in [7, 11) is -4.13. The summed E-state index contributed by atoms with van der Waals surface area (Å²) >= 11 is 0. The third kappa shape index (κ3) is 2.88. The van der Waals surface area contributed by atoms with Crippen molar-refractivity contribution in [1.82, 2.24) is 0 Å². The third-order valence-electron chi connectivity index (χ3n) is 2.03. The fourth-order valence-electron chi connectivity index (χ4n) is 1.42. The molecule has 2 rings (SSSR count). The standard InChI is InChI=1S/C10H8O3S.K.H/c11-14(12,13)10-7-3-5-8-4-1-2-6-9(8)10;;/h1-7H,(H,11,12,13);;/q;+1;-1. The van der Waals surface area contributed by atoms with Gasteiger partial charge in [0, 0.05) is 5.39 Å². The van der Waals surface area contributed by atoms with E-state index in [1.807, 2.05) is 6.07 Å². The summed E-state index contributed by atoms with van der Waals surface area (Å²) in [6.45, 7) is 0. The number of rotatable bonds is 1. The van der Waals surface area contributed by atoms with Gasteiger partial charge in [-0.1, -0.05) is 36.4 Å². The molecule has 0 atom stereocenters. The molecule has 0 aliphatic carbocycles. The number of hydrogen-bond donors (Lipinski definition) is 1. The van der Waals surface area contributed by atoms with Gasteiger partial charge in [-0.2, -0.15) is 8.42 Å². The molecule has 0 saturated heterocycles. The van der Waals surface area contributed by atoms with E-state index in [1.54, 1.807) is 30.3 Å². The average molecular weight is 248 g/mol. The van der Waals surface area contributed by atoms with Gasteiger partial charge in [0.05, 0.1) is 0 Å². The van der Waals surface area contributed by atoms with Crippen molar-refractivity contribution >= 4 is 20.9 Å². The van der Waals surface area contributed by atoms with Crippen molar-refractivity contribution in [3.8, 4) is 0 Å². The van der Waals surface area contributed by atoms with E-state index in [4.69, 9.17) is 4.55 Å². The van der Waals surface area contributed by atoms with Crippen LogP contribution in [0.15, 0.2) is 47.4 Å². The van der Waals surface area contributed by atoms with Crippen LogP contribution in [0.25, 0.3) is 10.8 Å². The molecule has 0 unspecified atom stereocenters. The van der Waals surface area contributed by atoms with Crippen molar-refractivity contribution in [2.75, 3.05) is 0 Å². The van der Waals surface area contributed by atoms with Crippen molar-refractivity contribution in [2.45, 2.75) is 4.90 Å². The Hall–Kier alpha value is 0.246. The predicted molar refractivity (Wildman–Crippen MR) is 54.9 cm³/mol. The molecule has 0 aromatic heterocycles. The Kier molecular flexibility index (Phi) is 4.48. The summed E-state index contributed by atoms with van der Waals surface area (Å²) < 4.78 is 31.0. The van der Waals surface area contributed by atoms with Gasteiger partial charge >= 0.3 is 51.4 Å². The number of fused-ring (bicyclic) bond motifs is 1. The Labute approximate surface area is 132 Å². The molecule has 0 fully saturated rings. The van der Waals surface area contributed by atoms with Crippen LogP contribution in [0.3, 0.4) is 0 Å². The van der Waals surface area contributed by atoms with E-state index in [-0.39, 0.29) is 57.7 Å². The normalized spacial score (nSPS) is 11.0. The molecule has 0 spiro atoms. The Balaban J connectivity index is 0.00000112. The fourth-order valence-corrected chi connectivity index (χ4v) is 2.13. The second-order valence-electron chi connectivity index (χ2n) is 2.95. The minimum Gasteiger partial charge on any atom is -1.00 e. The van der Waals surface area contributed by atoms with Crippen LogP contribution >= 0.6 is 0 Å². The Morgan fingerprint density at radius 2 is 1.60 bits per heavy atom. The quantitative estimate of drug-likeness (QED) is 0.531. The molecule has 1 N–H and O–H groups in total. The van der Waals surface area contributed by atoms with Crippen molar-refractivity contribution < 1.29 is 65.8 Å². The first-order valence-electron chi connectivity index (χ1n) is 4.04. The van der Waals surface area contributed by atoms with Crippen LogP contribution in [0.1, 0.15) is 1.43 Å². The molecule has 5 heteroatoms. The average Bonchev–Trinajstić information content (AvgIpc) is 2.15.